The number of nitrogens with one attached hydrogen (secondary N) is 3. The van der Waals surface area contributed by atoms with Gasteiger partial charge in [-0.2, -0.15) is 13.4 Å². The monoisotopic (exact) mass is 773 g/mol. The van der Waals surface area contributed by atoms with E-state index in [1.165, 1.54) is 18.3 Å². The first-order valence-electron chi connectivity index (χ1n) is 18.8. The summed E-state index contributed by atoms with van der Waals surface area (Å²) in [6.45, 7) is 4.31. The molecule has 17 heteroatoms. The van der Waals surface area contributed by atoms with E-state index >= 15 is 0 Å². The minimum atomic E-state index is -5.37. The highest BCUT2D eigenvalue weighted by Gasteiger charge is 2.59. The van der Waals surface area contributed by atoms with Gasteiger partial charge in [-0.05, 0) is 37.1 Å². The van der Waals surface area contributed by atoms with Crippen molar-refractivity contribution in [3.05, 3.63) is 52.1 Å². The number of hydrogen-bond acceptors (Lipinski definition) is 11. The standard InChI is InChI=1S/C37H55N7O9S/c1-3-5-7-9-11-13-15-17-28(37(35(49)50,54(51,52)53)22-16-14-12-10-8-6-4-2)29(34(47)48)42-32(45)25-18-20-26(21-19-25)39-23-27-24-40-31-30(41-27)33(46)44-36(38)43-31/h18-21,24,28-29,39H,3-17,22-23H2,1-2H3,(H,42,45)(H,47,48)(H,49,50)(H,51,52,53)(H3,38,40,43,44,46)/t28?,29-,37?/m0/s1. The Bertz CT molecular complexity index is 1850. The fourth-order valence-electron chi connectivity index (χ4n) is 6.76. The summed E-state index contributed by atoms with van der Waals surface area (Å²) in [6.07, 6.45) is 11.8. The van der Waals surface area contributed by atoms with Crippen molar-refractivity contribution in [2.75, 3.05) is 11.1 Å². The summed E-state index contributed by atoms with van der Waals surface area (Å²) in [7, 11) is -5.37. The van der Waals surface area contributed by atoms with E-state index in [0.717, 1.165) is 64.2 Å². The third-order valence-corrected chi connectivity index (χ3v) is 11.4. The number of unbranched alkanes of at least 4 members (excludes halogenated alkanes) is 12. The minimum Gasteiger partial charge on any atom is -0.480 e. The highest BCUT2D eigenvalue weighted by atomic mass is 32.2. The summed E-state index contributed by atoms with van der Waals surface area (Å²) in [5.41, 5.74) is 6.09. The van der Waals surface area contributed by atoms with Gasteiger partial charge >= 0.3 is 11.9 Å². The number of carbonyl (C=O) groups is 3. The van der Waals surface area contributed by atoms with Crippen molar-refractivity contribution < 1.29 is 37.6 Å². The second kappa shape index (κ2) is 21.3. The predicted molar refractivity (Wildman–Crippen MR) is 206 cm³/mol. The Morgan fingerprint density at radius 2 is 1.44 bits per heavy atom. The van der Waals surface area contributed by atoms with E-state index < -0.39 is 56.7 Å². The molecule has 298 valence electrons. The fraction of sp³-hybridized carbons (Fsp3) is 0.595. The number of fused-ring (bicyclic) bond motifs is 1. The molecular weight excluding hydrogens is 719 g/mol. The van der Waals surface area contributed by atoms with Crippen LogP contribution in [0.5, 0.6) is 0 Å². The number of nitrogen functional groups attached to an aromatic ring is 1. The van der Waals surface area contributed by atoms with E-state index in [0.29, 0.717) is 30.6 Å². The summed E-state index contributed by atoms with van der Waals surface area (Å²) in [5, 5.41) is 26.4. The van der Waals surface area contributed by atoms with Crippen LogP contribution in [0.2, 0.25) is 0 Å². The second-order valence-corrected chi connectivity index (χ2v) is 15.4. The Labute approximate surface area is 315 Å². The lowest BCUT2D eigenvalue weighted by Gasteiger charge is -2.38. The molecule has 1 aromatic carbocycles. The molecule has 3 atom stereocenters. The summed E-state index contributed by atoms with van der Waals surface area (Å²) < 4.78 is 34.1. The van der Waals surface area contributed by atoms with E-state index in [4.69, 9.17) is 5.73 Å². The number of nitrogens with two attached hydrogens (primary N) is 1. The zero-order chi connectivity index (χ0) is 39.7. The molecule has 2 heterocycles. The molecule has 0 spiro atoms. The number of aliphatic carboxylic acids is 2. The van der Waals surface area contributed by atoms with E-state index in [-0.39, 0.29) is 42.1 Å². The van der Waals surface area contributed by atoms with Gasteiger partial charge in [0.2, 0.25) is 5.95 Å². The predicted octanol–water partition coefficient (Wildman–Crippen LogP) is 5.70. The lowest BCUT2D eigenvalue weighted by atomic mass is 9.78. The first-order valence-corrected chi connectivity index (χ1v) is 20.3. The molecule has 0 aliphatic heterocycles. The van der Waals surface area contributed by atoms with Gasteiger partial charge in [-0.25, -0.2) is 14.8 Å². The molecule has 2 aromatic heterocycles. The Hall–Kier alpha value is -4.64. The normalized spacial score (nSPS) is 13.9. The molecule has 16 nitrogen and oxygen atoms in total. The van der Waals surface area contributed by atoms with Gasteiger partial charge in [0.05, 0.1) is 18.4 Å². The highest BCUT2D eigenvalue weighted by molar-refractivity contribution is 7.88. The third-order valence-electron chi connectivity index (χ3n) is 9.75. The first kappa shape index (κ1) is 43.8. The molecule has 0 aliphatic rings. The minimum absolute atomic E-state index is 0.0112. The van der Waals surface area contributed by atoms with Gasteiger partial charge in [0, 0.05) is 17.2 Å². The van der Waals surface area contributed by atoms with Gasteiger partial charge in [-0.1, -0.05) is 104 Å². The largest absolute Gasteiger partial charge is 0.480 e. The van der Waals surface area contributed by atoms with Gasteiger partial charge in [-0.3, -0.25) is 23.9 Å². The van der Waals surface area contributed by atoms with Crippen LogP contribution in [0.4, 0.5) is 11.6 Å². The number of benzene rings is 1. The maximum Gasteiger partial charge on any atom is 0.327 e. The average Bonchev–Trinajstić information content (AvgIpc) is 3.12. The molecule has 1 amide bonds. The number of hydrogen-bond donors (Lipinski definition) is 7. The fourth-order valence-corrected chi connectivity index (χ4v) is 8.02. The van der Waals surface area contributed by atoms with Crippen LogP contribution < -0.4 is 21.9 Å². The summed E-state index contributed by atoms with van der Waals surface area (Å²) in [4.78, 5) is 66.3. The highest BCUT2D eigenvalue weighted by Crippen LogP contribution is 2.39. The number of aromatic nitrogens is 4. The maximum absolute atomic E-state index is 13.5. The molecule has 0 fully saturated rings. The molecule has 8 N–H and O–H groups in total. The molecule has 3 aromatic rings. The molecule has 0 aliphatic carbocycles. The van der Waals surface area contributed by atoms with Crippen LogP contribution >= 0.6 is 0 Å². The molecular formula is C37H55N7O9S. The van der Waals surface area contributed by atoms with Gasteiger partial charge < -0.3 is 26.6 Å². The van der Waals surface area contributed by atoms with Crippen LogP contribution in [0.1, 0.15) is 133 Å². The number of carboxylic acids is 2. The summed E-state index contributed by atoms with van der Waals surface area (Å²) >= 11 is 0. The van der Waals surface area contributed by atoms with Crippen molar-refractivity contribution in [1.29, 1.82) is 0 Å². The number of H-pyrrole nitrogens is 1. The van der Waals surface area contributed by atoms with Gasteiger partial charge in [0.1, 0.15) is 6.04 Å². The Morgan fingerprint density at radius 1 is 0.870 bits per heavy atom. The molecule has 0 radical (unpaired) electrons. The van der Waals surface area contributed by atoms with Crippen LogP contribution in [0.3, 0.4) is 0 Å². The van der Waals surface area contributed by atoms with Crippen LogP contribution in [0, 0.1) is 5.92 Å². The summed E-state index contributed by atoms with van der Waals surface area (Å²) in [6, 6.07) is 3.97. The molecule has 0 bridgehead atoms. The number of rotatable bonds is 26. The van der Waals surface area contributed by atoms with Gasteiger partial charge in [0.25, 0.3) is 21.6 Å². The van der Waals surface area contributed by atoms with Gasteiger partial charge in [0.15, 0.2) is 15.9 Å². The number of aromatic amines is 1. The van der Waals surface area contributed by atoms with E-state index in [2.05, 4.69) is 44.4 Å². The maximum atomic E-state index is 13.5. The summed E-state index contributed by atoms with van der Waals surface area (Å²) in [5.74, 6) is -6.09. The number of carboxylic acid groups (broad SMARTS) is 2. The van der Waals surface area contributed by atoms with Crippen molar-refractivity contribution in [3.8, 4) is 0 Å². The van der Waals surface area contributed by atoms with Crippen LogP contribution in [0.15, 0.2) is 35.3 Å². The molecule has 0 saturated carbocycles. The number of nitrogens with zero attached hydrogens (tertiary/aromatic N) is 3. The van der Waals surface area contributed by atoms with Crippen LogP contribution in [0.25, 0.3) is 11.2 Å². The number of anilines is 2. The van der Waals surface area contributed by atoms with E-state index in [9.17, 15) is 42.4 Å². The second-order valence-electron chi connectivity index (χ2n) is 13.8. The number of amides is 1. The zero-order valence-electron chi connectivity index (χ0n) is 31.2. The number of carbonyl (C=O) groups excluding carboxylic acids is 1. The first-order chi connectivity index (χ1) is 25.7. The average molecular weight is 774 g/mol. The van der Waals surface area contributed by atoms with E-state index in [1.807, 2.05) is 0 Å². The van der Waals surface area contributed by atoms with Crippen molar-refractivity contribution in [1.82, 2.24) is 25.3 Å². The quantitative estimate of drug-likeness (QED) is 0.0381. The smallest absolute Gasteiger partial charge is 0.327 e. The Kier molecular flexibility index (Phi) is 17.3. The molecule has 3 rings (SSSR count). The van der Waals surface area contributed by atoms with E-state index in [1.54, 1.807) is 12.1 Å². The van der Waals surface area contributed by atoms with Crippen molar-refractivity contribution in [3.63, 3.8) is 0 Å². The van der Waals surface area contributed by atoms with Crippen molar-refractivity contribution in [2.24, 2.45) is 5.92 Å². The lowest BCUT2D eigenvalue weighted by Crippen LogP contribution is -2.61. The zero-order valence-corrected chi connectivity index (χ0v) is 32.0. The van der Waals surface area contributed by atoms with Crippen LogP contribution in [-0.2, 0) is 26.3 Å². The van der Waals surface area contributed by atoms with Crippen LogP contribution in [-0.4, -0.2) is 71.8 Å². The molecule has 0 saturated heterocycles. The molecule has 2 unspecified atom stereocenters. The lowest BCUT2D eigenvalue weighted by molar-refractivity contribution is -0.146. The van der Waals surface area contributed by atoms with Crippen molar-refractivity contribution >= 4 is 50.8 Å². The third kappa shape index (κ3) is 12.2. The Morgan fingerprint density at radius 3 is 2.00 bits per heavy atom. The van der Waals surface area contributed by atoms with Crippen molar-refractivity contribution in [2.45, 2.75) is 134 Å². The van der Waals surface area contributed by atoms with Gasteiger partial charge in [-0.15, -0.1) is 0 Å². The SMILES string of the molecule is CCCCCCCCCC([C@H](NC(=O)c1ccc(NCc2cnc3nc(N)[nH]c(=O)c3n2)cc1)C(=O)O)C(CCCCCCCCC)(C(=O)O)S(=O)(=O)O. The Balaban J connectivity index is 1.83. The molecule has 54 heavy (non-hydrogen) atoms. The topological polar surface area (TPSA) is 268 Å².